The molecule has 28 heavy (non-hydrogen) atoms. The van der Waals surface area contributed by atoms with Gasteiger partial charge in [0, 0.05) is 36.8 Å². The fourth-order valence-electron chi connectivity index (χ4n) is 3.74. The molecule has 2 aromatic rings. The molecule has 0 amide bonds. The van der Waals surface area contributed by atoms with Crippen molar-refractivity contribution < 1.29 is 24.5 Å². The molecule has 7 nitrogen and oxygen atoms in total. The van der Waals surface area contributed by atoms with E-state index < -0.39 is 11.6 Å². The van der Waals surface area contributed by atoms with Crippen LogP contribution in [-0.2, 0) is 4.74 Å². The molecule has 0 unspecified atom stereocenters. The van der Waals surface area contributed by atoms with Gasteiger partial charge >= 0.3 is 0 Å². The highest BCUT2D eigenvalue weighted by molar-refractivity contribution is 6.30. The summed E-state index contributed by atoms with van der Waals surface area (Å²) < 4.78 is 5.32. The van der Waals surface area contributed by atoms with Crippen molar-refractivity contribution in [3.05, 3.63) is 52.6 Å². The summed E-state index contributed by atoms with van der Waals surface area (Å²) in [5, 5.41) is 24.1. The molecule has 1 aliphatic heterocycles. The van der Waals surface area contributed by atoms with Gasteiger partial charge in [0.15, 0.2) is 17.3 Å². The van der Waals surface area contributed by atoms with Gasteiger partial charge in [0.1, 0.15) is 5.75 Å². The molecule has 1 aliphatic carbocycles. The van der Waals surface area contributed by atoms with Gasteiger partial charge in [0.05, 0.1) is 30.0 Å². The van der Waals surface area contributed by atoms with Crippen molar-refractivity contribution in [1.29, 1.82) is 0 Å². The van der Waals surface area contributed by atoms with Crippen LogP contribution in [0.2, 0.25) is 0 Å². The molecule has 0 bridgehead atoms. The predicted molar refractivity (Wildman–Crippen MR) is 103 cm³/mol. The third-order valence-corrected chi connectivity index (χ3v) is 5.22. The maximum atomic E-state index is 12.8. The average molecular weight is 382 g/mol. The lowest BCUT2D eigenvalue weighted by Crippen LogP contribution is -2.37. The van der Waals surface area contributed by atoms with Crippen molar-refractivity contribution >= 4 is 17.3 Å². The Balaban J connectivity index is 1.54. The molecular weight excluding hydrogens is 360 g/mol. The molecule has 2 aromatic carbocycles. The van der Waals surface area contributed by atoms with Crippen molar-refractivity contribution in [3.63, 3.8) is 0 Å². The fourth-order valence-corrected chi connectivity index (χ4v) is 3.74. The second-order valence-electron chi connectivity index (χ2n) is 6.98. The van der Waals surface area contributed by atoms with Crippen LogP contribution < -0.4 is 5.32 Å². The first-order valence-corrected chi connectivity index (χ1v) is 9.39. The Morgan fingerprint density at radius 1 is 1.00 bits per heavy atom. The van der Waals surface area contributed by atoms with E-state index in [-0.39, 0.29) is 39.4 Å². The number of nitrogens with one attached hydrogen (secondary N) is 1. The molecular formula is C21H22N2O5. The van der Waals surface area contributed by atoms with E-state index >= 15 is 0 Å². The SMILES string of the molecule is O=C1c2ccccc2C(=O)c2c(O)c(NCCCN3CCOCC3)cc(O)c21. The van der Waals surface area contributed by atoms with Gasteiger partial charge in [-0.25, -0.2) is 0 Å². The van der Waals surface area contributed by atoms with E-state index in [1.807, 2.05) is 0 Å². The number of morpholine rings is 1. The highest BCUT2D eigenvalue weighted by atomic mass is 16.5. The summed E-state index contributed by atoms with van der Waals surface area (Å²) in [5.41, 5.74) is 0.443. The Labute approximate surface area is 162 Å². The second kappa shape index (κ2) is 7.61. The number of aromatic hydroxyl groups is 2. The number of nitrogens with zero attached hydrogens (tertiary/aromatic N) is 1. The Kier molecular flexibility index (Phi) is 5.02. The van der Waals surface area contributed by atoms with E-state index in [4.69, 9.17) is 4.74 Å². The molecule has 3 N–H and O–H groups in total. The number of ether oxygens (including phenoxy) is 1. The summed E-state index contributed by atoms with van der Waals surface area (Å²) in [4.78, 5) is 27.9. The predicted octanol–water partition coefficient (Wildman–Crippen LogP) is 2.01. The van der Waals surface area contributed by atoms with Crippen LogP contribution in [0.1, 0.15) is 38.3 Å². The summed E-state index contributed by atoms with van der Waals surface area (Å²) in [6.45, 7) is 4.73. The van der Waals surface area contributed by atoms with Gasteiger partial charge in [-0.3, -0.25) is 14.5 Å². The average Bonchev–Trinajstić information content (AvgIpc) is 2.72. The number of anilines is 1. The molecule has 4 rings (SSSR count). The number of phenols is 2. The molecule has 7 heteroatoms. The van der Waals surface area contributed by atoms with Crippen LogP contribution in [0.4, 0.5) is 5.69 Å². The minimum Gasteiger partial charge on any atom is -0.507 e. The topological polar surface area (TPSA) is 99.1 Å². The van der Waals surface area contributed by atoms with E-state index in [9.17, 15) is 19.8 Å². The largest absolute Gasteiger partial charge is 0.507 e. The van der Waals surface area contributed by atoms with Gasteiger partial charge in [-0.2, -0.15) is 0 Å². The molecule has 0 saturated carbocycles. The second-order valence-corrected chi connectivity index (χ2v) is 6.98. The molecule has 0 spiro atoms. The molecule has 1 fully saturated rings. The van der Waals surface area contributed by atoms with Crippen LogP contribution in [0.25, 0.3) is 0 Å². The number of carbonyl (C=O) groups is 2. The zero-order valence-corrected chi connectivity index (χ0v) is 15.4. The van der Waals surface area contributed by atoms with E-state index in [0.717, 1.165) is 39.3 Å². The minimum absolute atomic E-state index is 0.139. The molecule has 1 saturated heterocycles. The van der Waals surface area contributed by atoms with Crippen LogP contribution in [0.5, 0.6) is 11.5 Å². The lowest BCUT2D eigenvalue weighted by atomic mass is 9.82. The molecule has 1 heterocycles. The van der Waals surface area contributed by atoms with Gasteiger partial charge in [-0.15, -0.1) is 0 Å². The lowest BCUT2D eigenvalue weighted by molar-refractivity contribution is 0.0378. The Hall–Kier alpha value is -2.90. The van der Waals surface area contributed by atoms with Crippen molar-refractivity contribution in [2.45, 2.75) is 6.42 Å². The van der Waals surface area contributed by atoms with E-state index in [2.05, 4.69) is 10.2 Å². The first-order valence-electron chi connectivity index (χ1n) is 9.39. The van der Waals surface area contributed by atoms with Gasteiger partial charge in [0.25, 0.3) is 0 Å². The zero-order valence-electron chi connectivity index (χ0n) is 15.4. The Bertz CT molecular complexity index is 935. The van der Waals surface area contributed by atoms with E-state index in [1.54, 1.807) is 24.3 Å². The monoisotopic (exact) mass is 382 g/mol. The van der Waals surface area contributed by atoms with Crippen molar-refractivity contribution in [3.8, 4) is 11.5 Å². The molecule has 0 aromatic heterocycles. The summed E-state index contributed by atoms with van der Waals surface area (Å²) in [7, 11) is 0. The number of hydrogen-bond donors (Lipinski definition) is 3. The third kappa shape index (κ3) is 3.23. The maximum absolute atomic E-state index is 12.8. The highest BCUT2D eigenvalue weighted by Crippen LogP contribution is 2.42. The van der Waals surface area contributed by atoms with Gasteiger partial charge < -0.3 is 20.3 Å². The number of hydrogen-bond acceptors (Lipinski definition) is 7. The minimum atomic E-state index is -0.463. The number of ketones is 2. The molecule has 2 aliphatic rings. The zero-order chi connectivity index (χ0) is 19.7. The number of rotatable bonds is 5. The van der Waals surface area contributed by atoms with Gasteiger partial charge in [-0.1, -0.05) is 24.3 Å². The Morgan fingerprint density at radius 3 is 2.32 bits per heavy atom. The van der Waals surface area contributed by atoms with Crippen LogP contribution in [0.15, 0.2) is 30.3 Å². The van der Waals surface area contributed by atoms with Crippen LogP contribution in [-0.4, -0.2) is 66.1 Å². The van der Waals surface area contributed by atoms with Crippen molar-refractivity contribution in [1.82, 2.24) is 4.90 Å². The van der Waals surface area contributed by atoms with Crippen LogP contribution >= 0.6 is 0 Å². The van der Waals surface area contributed by atoms with E-state index in [1.165, 1.54) is 6.07 Å². The summed E-state index contributed by atoms with van der Waals surface area (Å²) >= 11 is 0. The van der Waals surface area contributed by atoms with Gasteiger partial charge in [-0.05, 0) is 13.0 Å². The van der Waals surface area contributed by atoms with E-state index in [0.29, 0.717) is 6.54 Å². The molecule has 146 valence electrons. The molecule has 0 radical (unpaired) electrons. The first kappa shape index (κ1) is 18.5. The number of benzene rings is 2. The highest BCUT2D eigenvalue weighted by Gasteiger charge is 2.35. The quantitative estimate of drug-likeness (QED) is 0.353. The molecule has 0 atom stereocenters. The smallest absolute Gasteiger partial charge is 0.198 e. The van der Waals surface area contributed by atoms with Crippen LogP contribution in [0.3, 0.4) is 0 Å². The lowest BCUT2D eigenvalue weighted by Gasteiger charge is -2.26. The number of fused-ring (bicyclic) bond motifs is 2. The van der Waals surface area contributed by atoms with Gasteiger partial charge in [0.2, 0.25) is 0 Å². The normalized spacial score (nSPS) is 16.6. The standard InChI is InChI=1S/C21H22N2O5/c24-16-12-15(22-6-3-7-23-8-10-28-11-9-23)21(27)18-17(16)19(25)13-4-1-2-5-14(13)20(18)26/h1-2,4-5,12,22,24,27H,3,6-11H2. The Morgan fingerprint density at radius 2 is 1.64 bits per heavy atom. The summed E-state index contributed by atoms with van der Waals surface area (Å²) in [6.07, 6.45) is 0.826. The number of carbonyl (C=O) groups excluding carboxylic acids is 2. The number of phenolic OH excluding ortho intramolecular Hbond substituents is 2. The summed E-state index contributed by atoms with van der Waals surface area (Å²) in [6, 6.07) is 7.74. The van der Waals surface area contributed by atoms with Crippen molar-refractivity contribution in [2.24, 2.45) is 0 Å². The third-order valence-electron chi connectivity index (χ3n) is 5.22. The van der Waals surface area contributed by atoms with Crippen LogP contribution in [0, 0.1) is 0 Å². The fraction of sp³-hybridized carbons (Fsp3) is 0.333. The van der Waals surface area contributed by atoms with Crippen molar-refractivity contribution in [2.75, 3.05) is 44.7 Å². The maximum Gasteiger partial charge on any atom is 0.198 e. The first-order chi connectivity index (χ1) is 13.6. The summed E-state index contributed by atoms with van der Waals surface area (Å²) in [5.74, 6) is -1.53.